The highest BCUT2D eigenvalue weighted by molar-refractivity contribution is 7.98. The van der Waals surface area contributed by atoms with Crippen LogP contribution < -0.4 is 5.32 Å². The van der Waals surface area contributed by atoms with Gasteiger partial charge < -0.3 is 5.32 Å². The average molecular weight is 321 g/mol. The zero-order valence-electron chi connectivity index (χ0n) is 11.8. The van der Waals surface area contributed by atoms with Crippen LogP contribution in [0.5, 0.6) is 0 Å². The Kier molecular flexibility index (Phi) is 6.08. The van der Waals surface area contributed by atoms with Gasteiger partial charge in [0, 0.05) is 24.2 Å². The molecule has 1 amide bonds. The van der Waals surface area contributed by atoms with Gasteiger partial charge in [-0.25, -0.2) is 4.98 Å². The van der Waals surface area contributed by atoms with Crippen LogP contribution in [0.4, 0.5) is 0 Å². The van der Waals surface area contributed by atoms with Crippen molar-refractivity contribution in [2.24, 2.45) is 0 Å². The second-order valence-electron chi connectivity index (χ2n) is 4.66. The molecule has 0 spiro atoms. The van der Waals surface area contributed by atoms with Crippen molar-refractivity contribution >= 4 is 29.3 Å². The third-order valence-electron chi connectivity index (χ3n) is 2.91. The van der Waals surface area contributed by atoms with E-state index in [1.54, 1.807) is 23.9 Å². The zero-order chi connectivity index (χ0) is 15.1. The molecule has 3 nitrogen and oxygen atoms in total. The molecule has 0 radical (unpaired) electrons. The number of halogens is 1. The van der Waals surface area contributed by atoms with Crippen molar-refractivity contribution in [2.75, 3.05) is 12.3 Å². The van der Waals surface area contributed by atoms with Gasteiger partial charge >= 0.3 is 0 Å². The van der Waals surface area contributed by atoms with E-state index in [4.69, 9.17) is 11.6 Å². The maximum absolute atomic E-state index is 11.8. The molecule has 1 aromatic heterocycles. The topological polar surface area (TPSA) is 42.0 Å². The van der Waals surface area contributed by atoms with Gasteiger partial charge in [0.05, 0.1) is 5.56 Å². The van der Waals surface area contributed by atoms with Crippen LogP contribution in [-0.2, 0) is 5.75 Å². The first-order valence-corrected chi connectivity index (χ1v) is 8.21. The highest BCUT2D eigenvalue weighted by Gasteiger charge is 2.04. The number of rotatable bonds is 6. The molecule has 1 aromatic carbocycles. The quantitative estimate of drug-likeness (QED) is 0.651. The number of carbonyl (C=O) groups is 1. The SMILES string of the molecule is Cc1ccc(CSCCNC(=O)c2ccc(Cl)nc2)cc1. The number of thioether (sulfide) groups is 1. The Morgan fingerprint density at radius 3 is 2.67 bits per heavy atom. The monoisotopic (exact) mass is 320 g/mol. The standard InChI is InChI=1S/C16H17ClN2OS/c1-12-2-4-13(5-3-12)11-21-9-8-18-16(20)14-6-7-15(17)19-10-14/h2-7,10H,8-9,11H2,1H3,(H,18,20). The van der Waals surface area contributed by atoms with Crippen LogP contribution in [0.2, 0.25) is 5.15 Å². The minimum Gasteiger partial charge on any atom is -0.351 e. The first kappa shape index (κ1) is 15.9. The number of nitrogens with zero attached hydrogens (tertiary/aromatic N) is 1. The van der Waals surface area contributed by atoms with Crippen LogP contribution in [0.1, 0.15) is 21.5 Å². The van der Waals surface area contributed by atoms with E-state index >= 15 is 0 Å². The Morgan fingerprint density at radius 1 is 1.24 bits per heavy atom. The third kappa shape index (κ3) is 5.40. The average Bonchev–Trinajstić information content (AvgIpc) is 2.49. The van der Waals surface area contributed by atoms with Gasteiger partial charge in [0.15, 0.2) is 0 Å². The normalized spacial score (nSPS) is 10.4. The largest absolute Gasteiger partial charge is 0.351 e. The van der Waals surface area contributed by atoms with E-state index in [1.165, 1.54) is 17.3 Å². The smallest absolute Gasteiger partial charge is 0.252 e. The number of hydrogen-bond donors (Lipinski definition) is 1. The number of carbonyl (C=O) groups excluding carboxylic acids is 1. The summed E-state index contributed by atoms with van der Waals surface area (Å²) in [6, 6.07) is 11.8. The lowest BCUT2D eigenvalue weighted by atomic mass is 10.2. The van der Waals surface area contributed by atoms with E-state index in [0.29, 0.717) is 17.3 Å². The van der Waals surface area contributed by atoms with Crippen molar-refractivity contribution in [3.63, 3.8) is 0 Å². The van der Waals surface area contributed by atoms with Crippen molar-refractivity contribution < 1.29 is 4.79 Å². The second-order valence-corrected chi connectivity index (χ2v) is 6.16. The Bertz CT molecular complexity index is 584. The first-order valence-electron chi connectivity index (χ1n) is 6.68. The summed E-state index contributed by atoms with van der Waals surface area (Å²) >= 11 is 7.48. The highest BCUT2D eigenvalue weighted by atomic mass is 35.5. The lowest BCUT2D eigenvalue weighted by Gasteiger charge is -2.05. The van der Waals surface area contributed by atoms with Crippen LogP contribution >= 0.6 is 23.4 Å². The molecule has 5 heteroatoms. The Balaban J connectivity index is 1.66. The summed E-state index contributed by atoms with van der Waals surface area (Å²) in [5.41, 5.74) is 3.11. The number of pyridine rings is 1. The molecule has 0 unspecified atom stereocenters. The molecule has 21 heavy (non-hydrogen) atoms. The van der Waals surface area contributed by atoms with E-state index in [-0.39, 0.29) is 5.91 Å². The van der Waals surface area contributed by atoms with Crippen LogP contribution in [0.15, 0.2) is 42.6 Å². The van der Waals surface area contributed by atoms with Gasteiger partial charge in [-0.3, -0.25) is 4.79 Å². The molecule has 110 valence electrons. The molecule has 2 rings (SSSR count). The van der Waals surface area contributed by atoms with Gasteiger partial charge in [0.25, 0.3) is 5.91 Å². The molecule has 0 saturated heterocycles. The van der Waals surface area contributed by atoms with Crippen molar-refractivity contribution in [2.45, 2.75) is 12.7 Å². The minimum atomic E-state index is -0.116. The van der Waals surface area contributed by atoms with Gasteiger partial charge in [0.2, 0.25) is 0 Å². The molecule has 1 N–H and O–H groups in total. The fourth-order valence-electron chi connectivity index (χ4n) is 1.72. The lowest BCUT2D eigenvalue weighted by Crippen LogP contribution is -2.25. The summed E-state index contributed by atoms with van der Waals surface area (Å²) < 4.78 is 0. The highest BCUT2D eigenvalue weighted by Crippen LogP contribution is 2.12. The van der Waals surface area contributed by atoms with E-state index in [0.717, 1.165) is 11.5 Å². The van der Waals surface area contributed by atoms with Gasteiger partial charge in [0.1, 0.15) is 5.15 Å². The summed E-state index contributed by atoms with van der Waals surface area (Å²) in [7, 11) is 0. The van der Waals surface area contributed by atoms with Gasteiger partial charge in [-0.05, 0) is 24.6 Å². The summed E-state index contributed by atoms with van der Waals surface area (Å²) in [4.78, 5) is 15.7. The lowest BCUT2D eigenvalue weighted by molar-refractivity contribution is 0.0956. The van der Waals surface area contributed by atoms with E-state index in [2.05, 4.69) is 41.5 Å². The number of aromatic nitrogens is 1. The summed E-state index contributed by atoms with van der Waals surface area (Å²) in [6.45, 7) is 2.72. The molecule has 0 aliphatic heterocycles. The minimum absolute atomic E-state index is 0.116. The van der Waals surface area contributed by atoms with Crippen molar-refractivity contribution in [3.05, 3.63) is 64.4 Å². The van der Waals surface area contributed by atoms with E-state index in [1.807, 2.05) is 0 Å². The van der Waals surface area contributed by atoms with Crippen LogP contribution in [0.25, 0.3) is 0 Å². The number of nitrogens with one attached hydrogen (secondary N) is 1. The number of aryl methyl sites for hydroxylation is 1. The molecule has 0 bridgehead atoms. The fourth-order valence-corrected chi connectivity index (χ4v) is 2.65. The fraction of sp³-hybridized carbons (Fsp3) is 0.250. The molecule has 0 atom stereocenters. The van der Waals surface area contributed by atoms with E-state index in [9.17, 15) is 4.79 Å². The first-order chi connectivity index (χ1) is 10.1. The van der Waals surface area contributed by atoms with Gasteiger partial charge in [-0.1, -0.05) is 41.4 Å². The number of hydrogen-bond acceptors (Lipinski definition) is 3. The molecule has 0 aliphatic rings. The Morgan fingerprint density at radius 2 is 2.00 bits per heavy atom. The second kappa shape index (κ2) is 8.05. The van der Waals surface area contributed by atoms with Crippen molar-refractivity contribution in [1.29, 1.82) is 0 Å². The number of benzene rings is 1. The van der Waals surface area contributed by atoms with Crippen LogP contribution in [0, 0.1) is 6.92 Å². The molecule has 2 aromatic rings. The summed E-state index contributed by atoms with van der Waals surface area (Å²) in [5, 5.41) is 3.26. The van der Waals surface area contributed by atoms with Crippen LogP contribution in [-0.4, -0.2) is 23.2 Å². The molecule has 0 saturated carbocycles. The van der Waals surface area contributed by atoms with Crippen molar-refractivity contribution in [3.8, 4) is 0 Å². The molecular formula is C16H17ClN2OS. The maximum Gasteiger partial charge on any atom is 0.252 e. The predicted octanol–water partition coefficient (Wildman–Crippen LogP) is 3.71. The summed E-state index contributed by atoms with van der Waals surface area (Å²) in [5.74, 6) is 1.72. The van der Waals surface area contributed by atoms with Crippen LogP contribution in [0.3, 0.4) is 0 Å². The third-order valence-corrected chi connectivity index (χ3v) is 4.16. The Hall–Kier alpha value is -1.52. The molecule has 0 fully saturated rings. The Labute approximate surface area is 134 Å². The van der Waals surface area contributed by atoms with E-state index < -0.39 is 0 Å². The summed E-state index contributed by atoms with van der Waals surface area (Å²) in [6.07, 6.45) is 1.48. The van der Waals surface area contributed by atoms with Gasteiger partial charge in [-0.15, -0.1) is 0 Å². The number of amides is 1. The molecule has 1 heterocycles. The van der Waals surface area contributed by atoms with Gasteiger partial charge in [-0.2, -0.15) is 11.8 Å². The molecular weight excluding hydrogens is 304 g/mol. The predicted molar refractivity (Wildman–Crippen MR) is 88.9 cm³/mol. The zero-order valence-corrected chi connectivity index (χ0v) is 13.4. The maximum atomic E-state index is 11.8. The van der Waals surface area contributed by atoms with Crippen molar-refractivity contribution in [1.82, 2.24) is 10.3 Å². The molecule has 0 aliphatic carbocycles.